The Morgan fingerprint density at radius 1 is 0.972 bits per heavy atom. The van der Waals surface area contributed by atoms with Gasteiger partial charge in [0, 0.05) is 31.9 Å². The Morgan fingerprint density at radius 2 is 1.75 bits per heavy atom. The third-order valence-electron chi connectivity index (χ3n) is 6.73. The minimum Gasteiger partial charge on any atom is -0.507 e. The molecule has 2 aromatic carbocycles. The number of anilines is 1. The van der Waals surface area contributed by atoms with Gasteiger partial charge in [0.2, 0.25) is 0 Å². The smallest absolute Gasteiger partial charge is 0.260 e. The molecule has 0 unspecified atom stereocenters. The normalized spacial score (nSPS) is 15.2. The highest BCUT2D eigenvalue weighted by Crippen LogP contribution is 2.34. The number of benzene rings is 2. The molecule has 1 saturated heterocycles. The van der Waals surface area contributed by atoms with Crippen LogP contribution in [0.2, 0.25) is 0 Å². The fraction of sp³-hybridized carbons (Fsp3) is 0.250. The Bertz CT molecular complexity index is 1410. The van der Waals surface area contributed by atoms with Gasteiger partial charge in [-0.1, -0.05) is 24.3 Å². The van der Waals surface area contributed by atoms with Crippen molar-refractivity contribution in [3.8, 4) is 5.75 Å². The third kappa shape index (κ3) is 4.64. The van der Waals surface area contributed by atoms with Gasteiger partial charge in [-0.15, -0.1) is 0 Å². The van der Waals surface area contributed by atoms with Crippen molar-refractivity contribution in [1.29, 1.82) is 0 Å². The second-order valence-electron chi connectivity index (χ2n) is 8.99. The molecule has 1 N–H and O–H groups in total. The zero-order chi connectivity index (χ0) is 25.2. The lowest BCUT2D eigenvalue weighted by atomic mass is 9.95. The molecule has 1 aliphatic heterocycles. The van der Waals surface area contributed by atoms with Crippen LogP contribution < -0.4 is 10.5 Å². The summed E-state index contributed by atoms with van der Waals surface area (Å²) in [4.78, 5) is 17.8. The molecule has 8 heteroatoms. The van der Waals surface area contributed by atoms with E-state index >= 15 is 0 Å². The van der Waals surface area contributed by atoms with E-state index in [1.165, 1.54) is 18.2 Å². The van der Waals surface area contributed by atoms with Crippen LogP contribution in [-0.4, -0.2) is 40.8 Å². The quantitative estimate of drug-likeness (QED) is 0.424. The van der Waals surface area contributed by atoms with Crippen molar-refractivity contribution in [3.05, 3.63) is 118 Å². The Kier molecular flexibility index (Phi) is 6.61. The lowest BCUT2D eigenvalue weighted by Gasteiger charge is -2.40. The molecule has 3 heterocycles. The predicted molar refractivity (Wildman–Crippen MR) is 133 cm³/mol. The maximum Gasteiger partial charge on any atom is 0.260 e. The molecule has 0 aliphatic carbocycles. The van der Waals surface area contributed by atoms with Crippen molar-refractivity contribution < 1.29 is 18.3 Å². The van der Waals surface area contributed by atoms with Crippen LogP contribution in [0.4, 0.5) is 14.5 Å². The first-order chi connectivity index (χ1) is 17.4. The van der Waals surface area contributed by atoms with E-state index in [4.69, 9.17) is 4.42 Å². The second-order valence-corrected chi connectivity index (χ2v) is 8.99. The van der Waals surface area contributed by atoms with Crippen molar-refractivity contribution in [2.45, 2.75) is 19.5 Å². The van der Waals surface area contributed by atoms with E-state index in [0.717, 1.165) is 0 Å². The Hall–Kier alpha value is -3.91. The lowest BCUT2D eigenvalue weighted by Crippen LogP contribution is -2.49. The van der Waals surface area contributed by atoms with Gasteiger partial charge >= 0.3 is 0 Å². The van der Waals surface area contributed by atoms with Gasteiger partial charge in [0.1, 0.15) is 23.1 Å². The summed E-state index contributed by atoms with van der Waals surface area (Å²) in [5.74, 6) is -0.244. The van der Waals surface area contributed by atoms with E-state index < -0.39 is 11.9 Å². The highest BCUT2D eigenvalue weighted by atomic mass is 19.1. The first kappa shape index (κ1) is 23.8. The van der Waals surface area contributed by atoms with Crippen molar-refractivity contribution >= 4 is 5.69 Å². The molecule has 5 rings (SSSR count). The van der Waals surface area contributed by atoms with Gasteiger partial charge < -0.3 is 19.0 Å². The largest absolute Gasteiger partial charge is 0.507 e. The molecule has 0 saturated carbocycles. The minimum absolute atomic E-state index is 0.140. The van der Waals surface area contributed by atoms with E-state index in [-0.39, 0.29) is 29.2 Å². The van der Waals surface area contributed by atoms with E-state index in [1.807, 2.05) is 9.80 Å². The molecule has 1 atom stereocenters. The standard InChI is InChI=1S/C28H27F2N3O3/c1-19-16-25(34)26(28(35)33(19)18-22-8-5-15-36-22)27(20-6-4-7-21(29)17-20)32-13-11-31(12-14-32)24-10-3-2-9-23(24)30/h2-10,15-17,27,34H,11-14,18H2,1H3/t27-/m0/s1. The zero-order valence-corrected chi connectivity index (χ0v) is 19.9. The van der Waals surface area contributed by atoms with Crippen molar-refractivity contribution in [3.63, 3.8) is 0 Å². The maximum atomic E-state index is 14.4. The van der Waals surface area contributed by atoms with Crippen molar-refractivity contribution in [2.24, 2.45) is 0 Å². The SMILES string of the molecule is Cc1cc(O)c([C@H](c2cccc(F)c2)N2CCN(c3ccccc3F)CC2)c(=O)n1Cc1ccco1. The average molecular weight is 492 g/mol. The van der Waals surface area contributed by atoms with Crippen LogP contribution in [0.25, 0.3) is 0 Å². The number of rotatable bonds is 6. The Labute approximate surface area is 207 Å². The van der Waals surface area contributed by atoms with Crippen LogP contribution in [0.5, 0.6) is 5.75 Å². The van der Waals surface area contributed by atoms with E-state index in [2.05, 4.69) is 0 Å². The Balaban J connectivity index is 1.54. The Morgan fingerprint density at radius 3 is 2.44 bits per heavy atom. The molecule has 186 valence electrons. The molecular weight excluding hydrogens is 464 g/mol. The van der Waals surface area contributed by atoms with Crippen LogP contribution >= 0.6 is 0 Å². The summed E-state index contributed by atoms with van der Waals surface area (Å²) in [5, 5.41) is 11.0. The highest BCUT2D eigenvalue weighted by molar-refractivity contribution is 5.48. The number of aromatic nitrogens is 1. The molecular formula is C28H27F2N3O3. The molecule has 0 bridgehead atoms. The first-order valence-corrected chi connectivity index (χ1v) is 11.9. The summed E-state index contributed by atoms with van der Waals surface area (Å²) in [6.07, 6.45) is 1.54. The lowest BCUT2D eigenvalue weighted by molar-refractivity contribution is 0.206. The number of aryl methyl sites for hydroxylation is 1. The number of nitrogens with zero attached hydrogens (tertiary/aromatic N) is 3. The van der Waals surface area contributed by atoms with Gasteiger partial charge in [-0.25, -0.2) is 8.78 Å². The zero-order valence-electron chi connectivity index (χ0n) is 19.9. The van der Waals surface area contributed by atoms with Crippen LogP contribution in [0.1, 0.15) is 28.6 Å². The van der Waals surface area contributed by atoms with Crippen LogP contribution in [0, 0.1) is 18.6 Å². The topological polar surface area (TPSA) is 61.9 Å². The van der Waals surface area contributed by atoms with Gasteiger partial charge in [-0.2, -0.15) is 0 Å². The predicted octanol–water partition coefficient (Wildman–Crippen LogP) is 4.69. The van der Waals surface area contributed by atoms with E-state index in [9.17, 15) is 18.7 Å². The van der Waals surface area contributed by atoms with Crippen molar-refractivity contribution in [2.75, 3.05) is 31.1 Å². The summed E-state index contributed by atoms with van der Waals surface area (Å²) < 4.78 is 35.7. The van der Waals surface area contributed by atoms with Crippen LogP contribution in [-0.2, 0) is 6.54 Å². The number of hydrogen-bond acceptors (Lipinski definition) is 5. The van der Waals surface area contributed by atoms with Gasteiger partial charge in [-0.05, 0) is 55.0 Å². The average Bonchev–Trinajstić information content (AvgIpc) is 3.38. The van der Waals surface area contributed by atoms with E-state index in [1.54, 1.807) is 66.3 Å². The summed E-state index contributed by atoms with van der Waals surface area (Å²) >= 11 is 0. The second kappa shape index (κ2) is 9.99. The molecule has 36 heavy (non-hydrogen) atoms. The molecule has 4 aromatic rings. The molecule has 1 aliphatic rings. The molecule has 0 radical (unpaired) electrons. The number of pyridine rings is 1. The van der Waals surface area contributed by atoms with Gasteiger partial charge in [0.05, 0.1) is 30.1 Å². The summed E-state index contributed by atoms with van der Waals surface area (Å²) in [6.45, 7) is 3.96. The monoisotopic (exact) mass is 491 g/mol. The van der Waals surface area contributed by atoms with Gasteiger partial charge in [0.15, 0.2) is 0 Å². The van der Waals surface area contributed by atoms with Crippen LogP contribution in [0.3, 0.4) is 0 Å². The number of hydrogen-bond donors (Lipinski definition) is 1. The van der Waals surface area contributed by atoms with Crippen LogP contribution in [0.15, 0.2) is 82.2 Å². The summed E-state index contributed by atoms with van der Waals surface area (Å²) in [7, 11) is 0. The summed E-state index contributed by atoms with van der Waals surface area (Å²) in [6, 6.07) is 17.1. The number of halogens is 2. The molecule has 2 aromatic heterocycles. The summed E-state index contributed by atoms with van der Waals surface area (Å²) in [5.41, 5.74) is 1.49. The molecule has 0 spiro atoms. The number of para-hydroxylation sites is 1. The third-order valence-corrected chi connectivity index (χ3v) is 6.73. The highest BCUT2D eigenvalue weighted by Gasteiger charge is 2.32. The fourth-order valence-electron chi connectivity index (χ4n) is 4.95. The van der Waals surface area contributed by atoms with E-state index in [0.29, 0.717) is 48.9 Å². The fourth-order valence-corrected chi connectivity index (χ4v) is 4.95. The van der Waals surface area contributed by atoms with Crippen molar-refractivity contribution in [1.82, 2.24) is 9.47 Å². The first-order valence-electron chi connectivity index (χ1n) is 11.9. The number of furan rings is 1. The molecule has 1 fully saturated rings. The van der Waals surface area contributed by atoms with Gasteiger partial charge in [-0.3, -0.25) is 9.69 Å². The molecule has 6 nitrogen and oxygen atoms in total. The van der Waals surface area contributed by atoms with Gasteiger partial charge in [0.25, 0.3) is 5.56 Å². The maximum absolute atomic E-state index is 14.4. The minimum atomic E-state index is -0.681. The number of piperazine rings is 1. The number of aromatic hydroxyl groups is 1. The molecule has 0 amide bonds.